The minimum absolute atomic E-state index is 0.236. The summed E-state index contributed by atoms with van der Waals surface area (Å²) in [7, 11) is 0. The van der Waals surface area contributed by atoms with Crippen molar-refractivity contribution in [3.63, 3.8) is 0 Å². The zero-order valence-electron chi connectivity index (χ0n) is 14.9. The van der Waals surface area contributed by atoms with Crippen LogP contribution in [0.4, 0.5) is 0 Å². The number of aryl methyl sites for hydroxylation is 2. The van der Waals surface area contributed by atoms with Gasteiger partial charge in [0.2, 0.25) is 0 Å². The van der Waals surface area contributed by atoms with Crippen LogP contribution in [0.15, 0.2) is 66.7 Å². The van der Waals surface area contributed by atoms with Crippen molar-refractivity contribution in [1.29, 1.82) is 0 Å². The van der Waals surface area contributed by atoms with Crippen molar-refractivity contribution in [2.75, 3.05) is 0 Å². The van der Waals surface area contributed by atoms with Crippen LogP contribution in [-0.2, 0) is 11.3 Å². The SMILES string of the molecule is Cc1ccc(C)n1C(C)c1cccc(COC(=O)c2ccccc2)c1. The molecule has 0 radical (unpaired) electrons. The predicted molar refractivity (Wildman–Crippen MR) is 99.7 cm³/mol. The number of aromatic nitrogens is 1. The fraction of sp³-hybridized carbons (Fsp3) is 0.227. The lowest BCUT2D eigenvalue weighted by atomic mass is 10.0. The van der Waals surface area contributed by atoms with E-state index < -0.39 is 0 Å². The van der Waals surface area contributed by atoms with Gasteiger partial charge in [-0.1, -0.05) is 42.5 Å². The second-order valence-electron chi connectivity index (χ2n) is 6.35. The average molecular weight is 333 g/mol. The number of ether oxygens (including phenoxy) is 1. The molecule has 0 amide bonds. The molecule has 1 unspecified atom stereocenters. The summed E-state index contributed by atoms with van der Waals surface area (Å²) in [6.07, 6.45) is 0. The molecule has 1 aromatic heterocycles. The molecule has 3 nitrogen and oxygen atoms in total. The second kappa shape index (κ2) is 7.39. The fourth-order valence-electron chi connectivity index (χ4n) is 3.19. The molecular weight excluding hydrogens is 310 g/mol. The van der Waals surface area contributed by atoms with Crippen LogP contribution in [0, 0.1) is 13.8 Å². The molecule has 1 atom stereocenters. The van der Waals surface area contributed by atoms with E-state index in [1.54, 1.807) is 12.1 Å². The first kappa shape index (κ1) is 17.0. The van der Waals surface area contributed by atoms with Gasteiger partial charge in [0, 0.05) is 11.4 Å². The third-order valence-corrected chi connectivity index (χ3v) is 4.53. The lowest BCUT2D eigenvalue weighted by Gasteiger charge is -2.19. The Balaban J connectivity index is 1.73. The Morgan fingerprint density at radius 2 is 1.64 bits per heavy atom. The van der Waals surface area contributed by atoms with Crippen LogP contribution in [0.5, 0.6) is 0 Å². The number of carbonyl (C=O) groups excluding carboxylic acids is 1. The van der Waals surface area contributed by atoms with Gasteiger partial charge in [-0.25, -0.2) is 4.79 Å². The molecule has 0 fully saturated rings. The maximum absolute atomic E-state index is 12.1. The monoisotopic (exact) mass is 333 g/mol. The Labute approximate surface area is 148 Å². The maximum atomic E-state index is 12.1. The van der Waals surface area contributed by atoms with Crippen molar-refractivity contribution in [2.24, 2.45) is 0 Å². The molecule has 0 aliphatic heterocycles. The van der Waals surface area contributed by atoms with Gasteiger partial charge < -0.3 is 9.30 Å². The van der Waals surface area contributed by atoms with E-state index in [-0.39, 0.29) is 18.6 Å². The number of nitrogens with zero attached hydrogens (tertiary/aromatic N) is 1. The molecule has 128 valence electrons. The molecular formula is C22H23NO2. The van der Waals surface area contributed by atoms with Crippen molar-refractivity contribution < 1.29 is 9.53 Å². The number of hydrogen-bond acceptors (Lipinski definition) is 2. The highest BCUT2D eigenvalue weighted by atomic mass is 16.5. The lowest BCUT2D eigenvalue weighted by Crippen LogP contribution is -2.10. The van der Waals surface area contributed by atoms with E-state index in [0.29, 0.717) is 5.56 Å². The number of rotatable bonds is 5. The van der Waals surface area contributed by atoms with E-state index in [1.165, 1.54) is 17.0 Å². The molecule has 0 saturated heterocycles. The molecule has 0 aliphatic rings. The smallest absolute Gasteiger partial charge is 0.338 e. The molecule has 1 heterocycles. The summed E-state index contributed by atoms with van der Waals surface area (Å²) in [4.78, 5) is 12.1. The first-order chi connectivity index (χ1) is 12.1. The maximum Gasteiger partial charge on any atom is 0.338 e. The molecule has 2 aromatic carbocycles. The van der Waals surface area contributed by atoms with Crippen LogP contribution in [0.3, 0.4) is 0 Å². The van der Waals surface area contributed by atoms with E-state index in [9.17, 15) is 4.79 Å². The van der Waals surface area contributed by atoms with Gasteiger partial charge in [0.15, 0.2) is 0 Å². The Bertz CT molecular complexity index is 845. The van der Waals surface area contributed by atoms with Crippen LogP contribution in [0.1, 0.15) is 45.8 Å². The van der Waals surface area contributed by atoms with E-state index >= 15 is 0 Å². The molecule has 3 aromatic rings. The summed E-state index contributed by atoms with van der Waals surface area (Å²) in [5, 5.41) is 0. The first-order valence-corrected chi connectivity index (χ1v) is 8.51. The zero-order chi connectivity index (χ0) is 17.8. The van der Waals surface area contributed by atoms with Crippen LogP contribution >= 0.6 is 0 Å². The molecule has 0 aliphatic carbocycles. The molecule has 3 heteroatoms. The van der Waals surface area contributed by atoms with Gasteiger partial charge in [-0.15, -0.1) is 0 Å². The van der Waals surface area contributed by atoms with Gasteiger partial charge in [0.25, 0.3) is 0 Å². The summed E-state index contributed by atoms with van der Waals surface area (Å²) >= 11 is 0. The third kappa shape index (κ3) is 3.82. The number of hydrogen-bond donors (Lipinski definition) is 0. The first-order valence-electron chi connectivity index (χ1n) is 8.51. The Morgan fingerprint density at radius 1 is 0.960 bits per heavy atom. The minimum atomic E-state index is -0.295. The topological polar surface area (TPSA) is 31.2 Å². The van der Waals surface area contributed by atoms with Crippen molar-refractivity contribution in [3.05, 3.63) is 94.8 Å². The molecule has 3 rings (SSSR count). The van der Waals surface area contributed by atoms with Crippen molar-refractivity contribution >= 4 is 5.97 Å². The summed E-state index contributed by atoms with van der Waals surface area (Å²) < 4.78 is 7.76. The van der Waals surface area contributed by atoms with E-state index in [1.807, 2.05) is 30.3 Å². The van der Waals surface area contributed by atoms with E-state index in [0.717, 1.165) is 5.56 Å². The molecule has 0 bridgehead atoms. The summed E-state index contributed by atoms with van der Waals surface area (Å²) in [6, 6.07) is 21.8. The highest BCUT2D eigenvalue weighted by Crippen LogP contribution is 2.23. The van der Waals surface area contributed by atoms with Gasteiger partial charge >= 0.3 is 5.97 Å². The molecule has 0 saturated carbocycles. The van der Waals surface area contributed by atoms with Gasteiger partial charge in [0.1, 0.15) is 6.61 Å². The van der Waals surface area contributed by atoms with Gasteiger partial charge in [-0.2, -0.15) is 0 Å². The van der Waals surface area contributed by atoms with Gasteiger partial charge in [-0.05, 0) is 56.2 Å². The van der Waals surface area contributed by atoms with E-state index in [2.05, 4.69) is 49.6 Å². The standard InChI is InChI=1S/C22H23NO2/c1-16-12-13-17(2)23(16)18(3)21-11-7-8-19(14-21)15-25-22(24)20-9-5-4-6-10-20/h4-14,18H,15H2,1-3H3. The Kier molecular flexibility index (Phi) is 5.03. The van der Waals surface area contributed by atoms with Crippen LogP contribution in [0.2, 0.25) is 0 Å². The Morgan fingerprint density at radius 3 is 2.32 bits per heavy atom. The third-order valence-electron chi connectivity index (χ3n) is 4.53. The Hall–Kier alpha value is -2.81. The normalized spacial score (nSPS) is 12.0. The van der Waals surface area contributed by atoms with Crippen molar-refractivity contribution in [1.82, 2.24) is 4.57 Å². The van der Waals surface area contributed by atoms with Gasteiger partial charge in [0.05, 0.1) is 11.6 Å². The zero-order valence-corrected chi connectivity index (χ0v) is 14.9. The van der Waals surface area contributed by atoms with Crippen LogP contribution in [0.25, 0.3) is 0 Å². The predicted octanol–water partition coefficient (Wildman–Crippen LogP) is 5.07. The van der Waals surface area contributed by atoms with Gasteiger partial charge in [-0.3, -0.25) is 0 Å². The summed E-state index contributed by atoms with van der Waals surface area (Å²) in [6.45, 7) is 6.71. The van der Waals surface area contributed by atoms with Crippen LogP contribution in [-0.4, -0.2) is 10.5 Å². The van der Waals surface area contributed by atoms with Crippen molar-refractivity contribution in [3.8, 4) is 0 Å². The highest BCUT2D eigenvalue weighted by Gasteiger charge is 2.13. The number of benzene rings is 2. The minimum Gasteiger partial charge on any atom is -0.457 e. The average Bonchev–Trinajstić information content (AvgIpc) is 2.98. The summed E-state index contributed by atoms with van der Waals surface area (Å²) in [5.41, 5.74) is 5.26. The molecule has 0 N–H and O–H groups in total. The number of esters is 1. The highest BCUT2D eigenvalue weighted by molar-refractivity contribution is 5.89. The fourth-order valence-corrected chi connectivity index (χ4v) is 3.19. The van der Waals surface area contributed by atoms with E-state index in [4.69, 9.17) is 4.74 Å². The summed E-state index contributed by atoms with van der Waals surface area (Å²) in [5.74, 6) is -0.295. The van der Waals surface area contributed by atoms with Crippen molar-refractivity contribution in [2.45, 2.75) is 33.4 Å². The second-order valence-corrected chi connectivity index (χ2v) is 6.35. The quantitative estimate of drug-likeness (QED) is 0.610. The molecule has 0 spiro atoms. The largest absolute Gasteiger partial charge is 0.457 e. The number of carbonyl (C=O) groups is 1. The van der Waals surface area contributed by atoms with Crippen LogP contribution < -0.4 is 0 Å². The lowest BCUT2D eigenvalue weighted by molar-refractivity contribution is 0.0472. The molecule has 25 heavy (non-hydrogen) atoms.